The van der Waals surface area contributed by atoms with E-state index in [4.69, 9.17) is 4.74 Å². The van der Waals surface area contributed by atoms with Crippen molar-refractivity contribution in [1.29, 1.82) is 0 Å². The van der Waals surface area contributed by atoms with Crippen molar-refractivity contribution in [2.24, 2.45) is 0 Å². The minimum Gasteiger partial charge on any atom is -0.442 e. The number of amides is 3. The van der Waals surface area contributed by atoms with Crippen molar-refractivity contribution in [3.05, 3.63) is 35.1 Å². The number of cyclic esters (lactones) is 1. The number of aromatic nitrogens is 2. The van der Waals surface area contributed by atoms with Crippen molar-refractivity contribution in [2.75, 3.05) is 23.3 Å². The van der Waals surface area contributed by atoms with Gasteiger partial charge in [0.25, 0.3) is 5.91 Å². The lowest BCUT2D eigenvalue weighted by atomic mass is 10.2. The van der Waals surface area contributed by atoms with Gasteiger partial charge in [0.1, 0.15) is 11.9 Å². The molecule has 26 heavy (non-hydrogen) atoms. The van der Waals surface area contributed by atoms with Gasteiger partial charge in [-0.2, -0.15) is 0 Å². The number of rotatable bonds is 5. The molecule has 3 amide bonds. The molecule has 11 heteroatoms. The molecule has 0 radical (unpaired) electrons. The van der Waals surface area contributed by atoms with Crippen molar-refractivity contribution in [3.63, 3.8) is 0 Å². The summed E-state index contributed by atoms with van der Waals surface area (Å²) in [6, 6.07) is 3.95. The average molecular weight is 379 g/mol. The minimum atomic E-state index is -0.711. The van der Waals surface area contributed by atoms with Gasteiger partial charge >= 0.3 is 6.09 Å². The minimum absolute atomic E-state index is 0.0471. The van der Waals surface area contributed by atoms with Crippen LogP contribution in [0.15, 0.2) is 23.6 Å². The van der Waals surface area contributed by atoms with Gasteiger partial charge in [-0.15, -0.1) is 5.10 Å². The zero-order valence-electron chi connectivity index (χ0n) is 13.6. The first kappa shape index (κ1) is 17.7. The normalized spacial score (nSPS) is 16.3. The van der Waals surface area contributed by atoms with Crippen molar-refractivity contribution in [2.45, 2.75) is 13.0 Å². The Bertz CT molecular complexity index is 845. The molecule has 1 aromatic heterocycles. The molecule has 2 N–H and O–H groups in total. The topological polar surface area (TPSA) is 114 Å². The van der Waals surface area contributed by atoms with Crippen LogP contribution in [0.3, 0.4) is 0 Å². The van der Waals surface area contributed by atoms with Crippen LogP contribution < -0.4 is 15.5 Å². The molecule has 0 aliphatic carbocycles. The second kappa shape index (κ2) is 7.44. The maximum atomic E-state index is 14.3. The first-order valence-corrected chi connectivity index (χ1v) is 8.38. The van der Waals surface area contributed by atoms with Crippen LogP contribution >= 0.6 is 11.5 Å². The summed E-state index contributed by atoms with van der Waals surface area (Å²) in [5.74, 6) is -1.53. The van der Waals surface area contributed by atoms with E-state index >= 15 is 0 Å². The van der Waals surface area contributed by atoms with Gasteiger partial charge in [0.15, 0.2) is 5.69 Å². The summed E-state index contributed by atoms with van der Waals surface area (Å²) in [5.41, 5.74) is 0.322. The van der Waals surface area contributed by atoms with Gasteiger partial charge in [-0.1, -0.05) is 4.49 Å². The molecule has 1 saturated heterocycles. The van der Waals surface area contributed by atoms with Crippen LogP contribution in [0.5, 0.6) is 0 Å². The Kier molecular flexibility index (Phi) is 5.07. The Morgan fingerprint density at radius 2 is 2.27 bits per heavy atom. The molecule has 1 fully saturated rings. The second-order valence-corrected chi connectivity index (χ2v) is 6.07. The van der Waals surface area contributed by atoms with Gasteiger partial charge < -0.3 is 15.4 Å². The molecule has 136 valence electrons. The quantitative estimate of drug-likeness (QED) is 0.812. The summed E-state index contributed by atoms with van der Waals surface area (Å²) in [6.45, 7) is 1.71. The molecule has 1 aromatic carbocycles. The summed E-state index contributed by atoms with van der Waals surface area (Å²) in [7, 11) is 0. The fourth-order valence-corrected chi connectivity index (χ4v) is 2.76. The Hall–Kier alpha value is -3.08. The molecule has 1 aliphatic heterocycles. The Balaban J connectivity index is 1.68. The number of nitrogens with one attached hydrogen (secondary N) is 2. The predicted octanol–water partition coefficient (Wildman–Crippen LogP) is 1.39. The van der Waals surface area contributed by atoms with Crippen LogP contribution in [0, 0.1) is 5.82 Å². The maximum Gasteiger partial charge on any atom is 0.414 e. The number of hydrogen-bond acceptors (Lipinski definition) is 7. The van der Waals surface area contributed by atoms with Crippen molar-refractivity contribution in [1.82, 2.24) is 14.9 Å². The molecule has 2 heterocycles. The first-order valence-electron chi connectivity index (χ1n) is 7.54. The molecule has 1 atom stereocenters. The molecule has 0 saturated carbocycles. The van der Waals surface area contributed by atoms with E-state index in [1.54, 1.807) is 0 Å². The number of hydrogen-bond donors (Lipinski definition) is 2. The average Bonchev–Trinajstić information content (AvgIpc) is 3.24. The van der Waals surface area contributed by atoms with E-state index in [-0.39, 0.29) is 36.1 Å². The molecule has 0 unspecified atom stereocenters. The highest BCUT2D eigenvalue weighted by molar-refractivity contribution is 7.03. The van der Waals surface area contributed by atoms with Gasteiger partial charge in [0.05, 0.1) is 24.5 Å². The van der Waals surface area contributed by atoms with Crippen LogP contribution in [0.25, 0.3) is 0 Å². The third-order valence-electron chi connectivity index (χ3n) is 3.56. The lowest BCUT2D eigenvalue weighted by Crippen LogP contribution is -2.33. The van der Waals surface area contributed by atoms with E-state index in [2.05, 4.69) is 20.2 Å². The van der Waals surface area contributed by atoms with E-state index in [1.807, 2.05) is 0 Å². The lowest BCUT2D eigenvalue weighted by molar-refractivity contribution is -0.119. The van der Waals surface area contributed by atoms with Crippen molar-refractivity contribution < 1.29 is 23.5 Å². The molecule has 3 rings (SSSR count). The zero-order valence-corrected chi connectivity index (χ0v) is 14.4. The highest BCUT2D eigenvalue weighted by Crippen LogP contribution is 2.26. The fraction of sp³-hybridized carbons (Fsp3) is 0.267. The van der Waals surface area contributed by atoms with Gasteiger partial charge in [-0.3, -0.25) is 14.5 Å². The molecule has 2 aromatic rings. The number of nitrogens with zero attached hydrogens (tertiary/aromatic N) is 3. The number of benzene rings is 1. The number of carbonyl (C=O) groups is 3. The summed E-state index contributed by atoms with van der Waals surface area (Å²) in [4.78, 5) is 36.0. The van der Waals surface area contributed by atoms with E-state index < -0.39 is 23.9 Å². The highest BCUT2D eigenvalue weighted by atomic mass is 32.1. The molecule has 0 bridgehead atoms. The number of ether oxygens (including phenoxy) is 1. The van der Waals surface area contributed by atoms with Gasteiger partial charge in [-0.05, 0) is 29.7 Å². The van der Waals surface area contributed by atoms with E-state index in [0.717, 1.165) is 17.6 Å². The van der Waals surface area contributed by atoms with Crippen LogP contribution in [-0.4, -0.2) is 46.7 Å². The largest absolute Gasteiger partial charge is 0.442 e. The van der Waals surface area contributed by atoms with E-state index in [1.165, 1.54) is 29.3 Å². The number of carbonyl (C=O) groups excluding carboxylic acids is 3. The maximum absolute atomic E-state index is 14.3. The smallest absolute Gasteiger partial charge is 0.414 e. The Labute approximate surface area is 151 Å². The third kappa shape index (κ3) is 3.94. The number of halogens is 1. The summed E-state index contributed by atoms with van der Waals surface area (Å²) in [6.07, 6.45) is -1.16. The third-order valence-corrected chi connectivity index (χ3v) is 4.06. The standard InChI is InChI=1S/C15H14FN5O4S/c1-8(22)17-5-10-6-21(15(24)25-10)9-2-3-12(11(16)4-9)18-14(23)13-7-26-20-19-13/h2-4,7,10H,5-6H2,1H3,(H,17,22)(H,18,23)/t10-/m0/s1. The van der Waals surface area contributed by atoms with E-state index in [0.29, 0.717) is 0 Å². The van der Waals surface area contributed by atoms with Crippen LogP contribution in [-0.2, 0) is 9.53 Å². The zero-order chi connectivity index (χ0) is 18.7. The lowest BCUT2D eigenvalue weighted by Gasteiger charge is -2.14. The number of anilines is 2. The Morgan fingerprint density at radius 1 is 1.46 bits per heavy atom. The first-order chi connectivity index (χ1) is 12.4. The Morgan fingerprint density at radius 3 is 2.92 bits per heavy atom. The van der Waals surface area contributed by atoms with Crippen LogP contribution in [0.2, 0.25) is 0 Å². The highest BCUT2D eigenvalue weighted by Gasteiger charge is 2.32. The SMILES string of the molecule is CC(=O)NC[C@H]1CN(c2ccc(NC(=O)c3csnn3)c(F)c2)C(=O)O1. The van der Waals surface area contributed by atoms with Gasteiger partial charge in [0, 0.05) is 12.3 Å². The predicted molar refractivity (Wildman–Crippen MR) is 90.6 cm³/mol. The van der Waals surface area contributed by atoms with Crippen molar-refractivity contribution >= 4 is 40.8 Å². The van der Waals surface area contributed by atoms with Gasteiger partial charge in [0.2, 0.25) is 5.91 Å². The molecular formula is C15H14FN5O4S. The summed E-state index contributed by atoms with van der Waals surface area (Å²) >= 11 is 1.01. The van der Waals surface area contributed by atoms with Crippen molar-refractivity contribution in [3.8, 4) is 0 Å². The molecule has 0 spiro atoms. The second-order valence-electron chi connectivity index (χ2n) is 5.46. The van der Waals surface area contributed by atoms with Crippen LogP contribution in [0.4, 0.5) is 20.6 Å². The van der Waals surface area contributed by atoms with E-state index in [9.17, 15) is 18.8 Å². The summed E-state index contributed by atoms with van der Waals surface area (Å²) < 4.78 is 23.0. The molecule has 9 nitrogen and oxygen atoms in total. The fourth-order valence-electron chi connectivity index (χ4n) is 2.32. The summed E-state index contributed by atoms with van der Waals surface area (Å²) in [5, 5.41) is 10.00. The monoisotopic (exact) mass is 379 g/mol. The van der Waals surface area contributed by atoms with Gasteiger partial charge in [-0.25, -0.2) is 9.18 Å². The van der Waals surface area contributed by atoms with Crippen LogP contribution in [0.1, 0.15) is 17.4 Å². The molecular weight excluding hydrogens is 365 g/mol. The molecule has 1 aliphatic rings.